The largest absolute Gasteiger partial charge is 0.338 e. The molecule has 41 heavy (non-hydrogen) atoms. The van der Waals surface area contributed by atoms with Crippen molar-refractivity contribution in [3.05, 3.63) is 95.9 Å². The Labute approximate surface area is 242 Å². The van der Waals surface area contributed by atoms with E-state index in [1.807, 2.05) is 71.9 Å². The SMILES string of the molecule is CN1CCN(C2CCN(C(=O)c3cn(-c4ccc(CC(=O)CCc5cccnc5)cc4)c4ccccc34)CC2)CC1. The van der Waals surface area contributed by atoms with Gasteiger partial charge in [-0.3, -0.25) is 19.5 Å². The number of likely N-dealkylation sites (N-methyl/N-ethyl adjacent to an activating group) is 1. The molecule has 2 fully saturated rings. The molecule has 7 heteroatoms. The number of hydrogen-bond acceptors (Lipinski definition) is 5. The van der Waals surface area contributed by atoms with E-state index in [0.717, 1.165) is 85.4 Å². The summed E-state index contributed by atoms with van der Waals surface area (Å²) >= 11 is 0. The summed E-state index contributed by atoms with van der Waals surface area (Å²) in [7, 11) is 2.19. The minimum atomic E-state index is 0.118. The van der Waals surface area contributed by atoms with Gasteiger partial charge in [0.25, 0.3) is 5.91 Å². The first-order valence-electron chi connectivity index (χ1n) is 14.9. The van der Waals surface area contributed by atoms with Crippen molar-refractivity contribution in [3.63, 3.8) is 0 Å². The molecule has 2 aliphatic rings. The quantitative estimate of drug-likeness (QED) is 0.321. The lowest BCUT2D eigenvalue weighted by atomic mass is 10.0. The zero-order valence-electron chi connectivity index (χ0n) is 23.9. The molecule has 0 spiro atoms. The first kappa shape index (κ1) is 27.4. The molecule has 0 radical (unpaired) electrons. The minimum Gasteiger partial charge on any atom is -0.338 e. The molecule has 6 rings (SSSR count). The summed E-state index contributed by atoms with van der Waals surface area (Å²) in [4.78, 5) is 37.5. The highest BCUT2D eigenvalue weighted by Crippen LogP contribution is 2.28. The van der Waals surface area contributed by atoms with Crippen LogP contribution >= 0.6 is 0 Å². The van der Waals surface area contributed by atoms with Crippen LogP contribution in [0.25, 0.3) is 16.6 Å². The predicted molar refractivity (Wildman–Crippen MR) is 163 cm³/mol. The Morgan fingerprint density at radius 2 is 1.61 bits per heavy atom. The molecule has 212 valence electrons. The van der Waals surface area contributed by atoms with Crippen LogP contribution in [0.2, 0.25) is 0 Å². The molecule has 2 aliphatic heterocycles. The molecule has 0 unspecified atom stereocenters. The van der Waals surface area contributed by atoms with Crippen molar-refractivity contribution in [1.82, 2.24) is 24.3 Å². The second kappa shape index (κ2) is 12.4. The van der Waals surface area contributed by atoms with E-state index in [1.54, 1.807) is 6.20 Å². The average molecular weight is 550 g/mol. The fourth-order valence-electron chi connectivity index (χ4n) is 6.28. The van der Waals surface area contributed by atoms with Gasteiger partial charge >= 0.3 is 0 Å². The molecule has 0 N–H and O–H groups in total. The number of amides is 1. The number of rotatable bonds is 8. The summed E-state index contributed by atoms with van der Waals surface area (Å²) < 4.78 is 2.10. The monoisotopic (exact) mass is 549 g/mol. The van der Waals surface area contributed by atoms with Gasteiger partial charge in [-0.1, -0.05) is 36.4 Å². The maximum absolute atomic E-state index is 13.8. The van der Waals surface area contributed by atoms with Crippen molar-refractivity contribution in [2.45, 2.75) is 38.1 Å². The highest BCUT2D eigenvalue weighted by molar-refractivity contribution is 6.07. The van der Waals surface area contributed by atoms with Crippen LogP contribution in [0.15, 0.2) is 79.3 Å². The van der Waals surface area contributed by atoms with Gasteiger partial charge in [0.05, 0.1) is 11.1 Å². The van der Waals surface area contributed by atoms with E-state index in [-0.39, 0.29) is 11.7 Å². The van der Waals surface area contributed by atoms with Gasteiger partial charge in [-0.25, -0.2) is 0 Å². The van der Waals surface area contributed by atoms with E-state index in [1.165, 1.54) is 0 Å². The molecular formula is C34H39N5O2. The molecular weight excluding hydrogens is 510 g/mol. The van der Waals surface area contributed by atoms with Gasteiger partial charge in [-0.15, -0.1) is 0 Å². The Kier molecular flexibility index (Phi) is 8.26. The Hall–Kier alpha value is -3.81. The zero-order valence-corrected chi connectivity index (χ0v) is 23.9. The number of fused-ring (bicyclic) bond motifs is 1. The molecule has 1 amide bonds. The number of aryl methyl sites for hydroxylation is 1. The standard InChI is InChI=1S/C34H39N5O2/c1-36-19-21-37(22-20-36)28-14-17-38(18-15-28)34(41)32-25-39(33-7-3-2-6-31(32)33)29-11-8-26(9-12-29)23-30(40)13-10-27-5-4-16-35-24-27/h2-9,11-12,16,24-25,28H,10,13-15,17-23H2,1H3. The molecule has 2 aromatic carbocycles. The van der Waals surface area contributed by atoms with Crippen LogP contribution in [0.1, 0.15) is 40.7 Å². The number of para-hydroxylation sites is 1. The van der Waals surface area contributed by atoms with Crippen molar-refractivity contribution in [2.24, 2.45) is 0 Å². The summed E-state index contributed by atoms with van der Waals surface area (Å²) in [5.41, 5.74) is 4.85. The number of piperazine rings is 1. The topological polar surface area (TPSA) is 61.7 Å². The number of carbonyl (C=O) groups is 2. The number of carbonyl (C=O) groups excluding carboxylic acids is 2. The van der Waals surface area contributed by atoms with Crippen LogP contribution in [0.4, 0.5) is 0 Å². The van der Waals surface area contributed by atoms with Crippen LogP contribution in [0, 0.1) is 0 Å². The average Bonchev–Trinajstić information content (AvgIpc) is 3.41. The lowest BCUT2D eigenvalue weighted by molar-refractivity contribution is -0.118. The molecule has 0 aliphatic carbocycles. The van der Waals surface area contributed by atoms with Crippen LogP contribution in [-0.4, -0.2) is 88.3 Å². The highest BCUT2D eigenvalue weighted by Gasteiger charge is 2.30. The third kappa shape index (κ3) is 6.26. The lowest BCUT2D eigenvalue weighted by Gasteiger charge is -2.42. The second-order valence-corrected chi connectivity index (χ2v) is 11.5. The molecule has 0 saturated carbocycles. The smallest absolute Gasteiger partial charge is 0.256 e. The fourth-order valence-corrected chi connectivity index (χ4v) is 6.28. The number of ketones is 1. The van der Waals surface area contributed by atoms with Gasteiger partial charge in [-0.2, -0.15) is 0 Å². The van der Waals surface area contributed by atoms with Gasteiger partial charge in [0.2, 0.25) is 0 Å². The van der Waals surface area contributed by atoms with Gasteiger partial charge in [0.15, 0.2) is 0 Å². The third-order valence-electron chi connectivity index (χ3n) is 8.78. The van der Waals surface area contributed by atoms with E-state index in [2.05, 4.69) is 32.5 Å². The van der Waals surface area contributed by atoms with E-state index in [4.69, 9.17) is 0 Å². The Morgan fingerprint density at radius 1 is 0.854 bits per heavy atom. The molecule has 4 heterocycles. The fraction of sp³-hybridized carbons (Fsp3) is 0.382. The summed E-state index contributed by atoms with van der Waals surface area (Å²) in [5.74, 6) is 0.338. The molecule has 2 saturated heterocycles. The number of Topliss-reactive ketones (excluding diaryl/α,β-unsaturated/α-hetero) is 1. The van der Waals surface area contributed by atoms with Crippen molar-refractivity contribution >= 4 is 22.6 Å². The van der Waals surface area contributed by atoms with Crippen molar-refractivity contribution < 1.29 is 9.59 Å². The highest BCUT2D eigenvalue weighted by atomic mass is 16.2. The summed E-state index contributed by atoms with van der Waals surface area (Å²) in [6.45, 7) is 6.11. The third-order valence-corrected chi connectivity index (χ3v) is 8.78. The number of benzene rings is 2. The van der Waals surface area contributed by atoms with Crippen molar-refractivity contribution in [3.8, 4) is 5.69 Å². The number of piperidine rings is 1. The summed E-state index contributed by atoms with van der Waals surface area (Å²) in [5, 5.41) is 0.980. The number of pyridine rings is 1. The van der Waals surface area contributed by atoms with Crippen molar-refractivity contribution in [2.75, 3.05) is 46.3 Å². The minimum absolute atomic E-state index is 0.118. The molecule has 4 aromatic rings. The molecule has 2 aromatic heterocycles. The Morgan fingerprint density at radius 3 is 2.34 bits per heavy atom. The number of likely N-dealkylation sites (tertiary alicyclic amines) is 1. The number of nitrogens with zero attached hydrogens (tertiary/aromatic N) is 5. The lowest BCUT2D eigenvalue weighted by Crippen LogP contribution is -2.52. The van der Waals surface area contributed by atoms with E-state index < -0.39 is 0 Å². The van der Waals surface area contributed by atoms with Crippen LogP contribution in [0.5, 0.6) is 0 Å². The Bertz CT molecular complexity index is 1480. The van der Waals surface area contributed by atoms with Gasteiger partial charge in [-0.05, 0) is 61.7 Å². The van der Waals surface area contributed by atoms with Gasteiger partial charge in [0, 0.05) is 87.8 Å². The Balaban J connectivity index is 1.12. The molecule has 0 bridgehead atoms. The number of aromatic nitrogens is 2. The van der Waals surface area contributed by atoms with Crippen LogP contribution < -0.4 is 0 Å². The summed E-state index contributed by atoms with van der Waals surface area (Å²) in [6.07, 6.45) is 9.27. The van der Waals surface area contributed by atoms with Gasteiger partial charge in [0.1, 0.15) is 5.78 Å². The zero-order chi connectivity index (χ0) is 28.2. The molecule has 0 atom stereocenters. The maximum atomic E-state index is 13.8. The first-order valence-corrected chi connectivity index (χ1v) is 14.9. The van der Waals surface area contributed by atoms with Crippen molar-refractivity contribution in [1.29, 1.82) is 0 Å². The van der Waals surface area contributed by atoms with E-state index >= 15 is 0 Å². The predicted octanol–water partition coefficient (Wildman–Crippen LogP) is 4.62. The van der Waals surface area contributed by atoms with E-state index in [9.17, 15) is 9.59 Å². The maximum Gasteiger partial charge on any atom is 0.256 e. The van der Waals surface area contributed by atoms with Crippen LogP contribution in [-0.2, 0) is 17.6 Å². The van der Waals surface area contributed by atoms with Gasteiger partial charge < -0.3 is 14.4 Å². The first-order chi connectivity index (χ1) is 20.0. The molecule has 7 nitrogen and oxygen atoms in total. The second-order valence-electron chi connectivity index (χ2n) is 11.5. The summed E-state index contributed by atoms with van der Waals surface area (Å²) in [6, 6.07) is 20.8. The normalized spacial score (nSPS) is 17.2. The van der Waals surface area contributed by atoms with Crippen LogP contribution in [0.3, 0.4) is 0 Å². The number of hydrogen-bond donors (Lipinski definition) is 0. The van der Waals surface area contributed by atoms with E-state index in [0.29, 0.717) is 25.3 Å².